The Morgan fingerprint density at radius 3 is 2.45 bits per heavy atom. The van der Waals surface area contributed by atoms with Gasteiger partial charge in [-0.1, -0.05) is 71.9 Å². The van der Waals surface area contributed by atoms with Crippen molar-refractivity contribution in [2.75, 3.05) is 12.4 Å². The van der Waals surface area contributed by atoms with Crippen LogP contribution in [0, 0.1) is 6.92 Å². The van der Waals surface area contributed by atoms with Gasteiger partial charge in [0, 0.05) is 5.56 Å². The molecule has 29 heavy (non-hydrogen) atoms. The Morgan fingerprint density at radius 1 is 1.03 bits per heavy atom. The first kappa shape index (κ1) is 20.8. The molecule has 0 aliphatic rings. The number of Topliss-reactive ketones (excluding diaryl/α,β-unsaturated/α-hetero) is 1. The minimum atomic E-state index is -0.346. The summed E-state index contributed by atoms with van der Waals surface area (Å²) in [5, 5.41) is 9.00. The van der Waals surface area contributed by atoms with Crippen LogP contribution in [0.25, 0.3) is 0 Å². The molecule has 0 spiro atoms. The Bertz CT molecular complexity index is 969. The van der Waals surface area contributed by atoms with Crippen molar-refractivity contribution >= 4 is 23.5 Å². The van der Waals surface area contributed by atoms with Crippen LogP contribution in [0.3, 0.4) is 0 Å². The Labute approximate surface area is 174 Å². The van der Waals surface area contributed by atoms with Crippen molar-refractivity contribution in [1.82, 2.24) is 14.8 Å². The molecule has 1 aromatic heterocycles. The van der Waals surface area contributed by atoms with E-state index in [9.17, 15) is 9.59 Å². The van der Waals surface area contributed by atoms with E-state index in [4.69, 9.17) is 4.74 Å². The third kappa shape index (κ3) is 5.77. The van der Waals surface area contributed by atoms with Crippen LogP contribution in [-0.2, 0) is 22.5 Å². The molecule has 0 fully saturated rings. The van der Waals surface area contributed by atoms with Gasteiger partial charge in [0.05, 0.1) is 18.9 Å². The Hall–Kier alpha value is -2.93. The first-order valence-electron chi connectivity index (χ1n) is 9.41. The highest BCUT2D eigenvalue weighted by molar-refractivity contribution is 7.99. The Morgan fingerprint density at radius 2 is 1.76 bits per heavy atom. The van der Waals surface area contributed by atoms with Gasteiger partial charge in [0.1, 0.15) is 12.2 Å². The summed E-state index contributed by atoms with van der Waals surface area (Å²) in [6, 6.07) is 17.4. The van der Waals surface area contributed by atoms with Gasteiger partial charge in [0.15, 0.2) is 10.9 Å². The second kappa shape index (κ2) is 10.0. The summed E-state index contributed by atoms with van der Waals surface area (Å²) in [6.45, 7) is 4.59. The van der Waals surface area contributed by atoms with Gasteiger partial charge in [-0.25, -0.2) is 0 Å². The molecular weight excluding hydrogens is 386 g/mol. The van der Waals surface area contributed by atoms with Crippen molar-refractivity contribution < 1.29 is 14.3 Å². The van der Waals surface area contributed by atoms with Gasteiger partial charge >= 0.3 is 5.97 Å². The number of hydrogen-bond acceptors (Lipinski definition) is 6. The largest absolute Gasteiger partial charge is 0.466 e. The van der Waals surface area contributed by atoms with Gasteiger partial charge in [0.25, 0.3) is 0 Å². The van der Waals surface area contributed by atoms with Crippen LogP contribution < -0.4 is 0 Å². The second-order valence-electron chi connectivity index (χ2n) is 6.53. The molecule has 0 aliphatic heterocycles. The lowest BCUT2D eigenvalue weighted by Gasteiger charge is -2.10. The molecule has 1 heterocycles. The lowest BCUT2D eigenvalue weighted by atomic mass is 10.1. The fourth-order valence-corrected chi connectivity index (χ4v) is 3.63. The summed E-state index contributed by atoms with van der Waals surface area (Å²) in [5.74, 6) is 0.449. The van der Waals surface area contributed by atoms with E-state index < -0.39 is 0 Å². The van der Waals surface area contributed by atoms with Crippen LogP contribution in [0.2, 0.25) is 0 Å². The number of ketones is 1. The lowest BCUT2D eigenvalue weighted by Crippen LogP contribution is -2.14. The highest BCUT2D eigenvalue weighted by Gasteiger charge is 2.18. The number of nitrogens with zero attached hydrogens (tertiary/aromatic N) is 3. The number of carbonyl (C=O) groups is 2. The van der Waals surface area contributed by atoms with E-state index in [-0.39, 0.29) is 23.9 Å². The monoisotopic (exact) mass is 409 g/mol. The van der Waals surface area contributed by atoms with E-state index in [1.807, 2.05) is 66.1 Å². The number of benzene rings is 2. The molecule has 6 nitrogen and oxygen atoms in total. The summed E-state index contributed by atoms with van der Waals surface area (Å²) < 4.78 is 6.92. The fraction of sp³-hybridized carbons (Fsp3) is 0.273. The van der Waals surface area contributed by atoms with E-state index in [0.717, 1.165) is 11.1 Å². The minimum Gasteiger partial charge on any atom is -0.466 e. The molecule has 3 rings (SSSR count). The third-order valence-corrected chi connectivity index (χ3v) is 5.26. The van der Waals surface area contributed by atoms with Crippen molar-refractivity contribution in [2.24, 2.45) is 0 Å². The van der Waals surface area contributed by atoms with Gasteiger partial charge in [-0.2, -0.15) is 0 Å². The van der Waals surface area contributed by atoms with Gasteiger partial charge in [-0.05, 0) is 19.4 Å². The molecule has 0 aliphatic carbocycles. The summed E-state index contributed by atoms with van der Waals surface area (Å²) in [5.41, 5.74) is 2.84. The number of ether oxygens (including phenoxy) is 1. The topological polar surface area (TPSA) is 74.1 Å². The van der Waals surface area contributed by atoms with Gasteiger partial charge in [-0.3, -0.25) is 9.59 Å². The molecule has 0 atom stereocenters. The molecule has 2 aromatic carbocycles. The molecular formula is C22H23N3O3S. The SMILES string of the molecule is CCOC(=O)Cc1nnc(SCC(=O)c2ccc(C)cc2)n1Cc1ccccc1. The molecule has 0 N–H and O–H groups in total. The van der Waals surface area contributed by atoms with Crippen molar-refractivity contribution in [2.45, 2.75) is 32.0 Å². The first-order chi connectivity index (χ1) is 14.1. The quantitative estimate of drug-likeness (QED) is 0.305. The van der Waals surface area contributed by atoms with E-state index in [1.54, 1.807) is 6.92 Å². The summed E-state index contributed by atoms with van der Waals surface area (Å²) in [4.78, 5) is 24.5. The van der Waals surface area contributed by atoms with Crippen LogP contribution >= 0.6 is 11.8 Å². The maximum atomic E-state index is 12.5. The van der Waals surface area contributed by atoms with Crippen LogP contribution in [0.5, 0.6) is 0 Å². The number of hydrogen-bond donors (Lipinski definition) is 0. The Balaban J connectivity index is 1.77. The van der Waals surface area contributed by atoms with E-state index in [0.29, 0.717) is 29.7 Å². The predicted octanol–water partition coefficient (Wildman–Crippen LogP) is 3.72. The molecule has 0 unspecified atom stereocenters. The number of carbonyl (C=O) groups excluding carboxylic acids is 2. The highest BCUT2D eigenvalue weighted by Crippen LogP contribution is 2.21. The van der Waals surface area contributed by atoms with Crippen molar-refractivity contribution in [3.63, 3.8) is 0 Å². The van der Waals surface area contributed by atoms with Gasteiger partial charge in [0.2, 0.25) is 0 Å². The molecule has 0 saturated heterocycles. The average Bonchev–Trinajstić information content (AvgIpc) is 3.09. The zero-order chi connectivity index (χ0) is 20.6. The number of rotatable bonds is 9. The number of esters is 1. The molecule has 3 aromatic rings. The van der Waals surface area contributed by atoms with Crippen LogP contribution in [0.4, 0.5) is 0 Å². The molecule has 0 amide bonds. The second-order valence-corrected chi connectivity index (χ2v) is 7.47. The summed E-state index contributed by atoms with van der Waals surface area (Å²) >= 11 is 1.32. The number of aromatic nitrogens is 3. The Kier molecular flexibility index (Phi) is 7.19. The van der Waals surface area contributed by atoms with Crippen molar-refractivity contribution in [3.8, 4) is 0 Å². The molecule has 150 valence electrons. The first-order valence-corrected chi connectivity index (χ1v) is 10.4. The predicted molar refractivity (Wildman–Crippen MR) is 112 cm³/mol. The van der Waals surface area contributed by atoms with E-state index in [2.05, 4.69) is 10.2 Å². The average molecular weight is 410 g/mol. The lowest BCUT2D eigenvalue weighted by molar-refractivity contribution is -0.142. The van der Waals surface area contributed by atoms with Crippen molar-refractivity contribution in [3.05, 3.63) is 77.1 Å². The van der Waals surface area contributed by atoms with E-state index >= 15 is 0 Å². The van der Waals surface area contributed by atoms with Crippen LogP contribution in [0.1, 0.15) is 34.2 Å². The standard InChI is InChI=1S/C22H23N3O3S/c1-3-28-21(27)13-20-23-24-22(25(20)14-17-7-5-4-6-8-17)29-15-19(26)18-11-9-16(2)10-12-18/h4-12H,3,13-15H2,1-2H3. The summed E-state index contributed by atoms with van der Waals surface area (Å²) in [7, 11) is 0. The fourth-order valence-electron chi connectivity index (χ4n) is 2.78. The zero-order valence-electron chi connectivity index (χ0n) is 16.5. The third-order valence-electron chi connectivity index (χ3n) is 4.29. The minimum absolute atomic E-state index is 0.0243. The number of aryl methyl sites for hydroxylation is 1. The number of thioether (sulfide) groups is 1. The maximum absolute atomic E-state index is 12.5. The zero-order valence-corrected chi connectivity index (χ0v) is 17.3. The van der Waals surface area contributed by atoms with Gasteiger partial charge < -0.3 is 9.30 Å². The smallest absolute Gasteiger partial charge is 0.313 e. The molecule has 0 bridgehead atoms. The molecule has 0 radical (unpaired) electrons. The highest BCUT2D eigenvalue weighted by atomic mass is 32.2. The molecule has 7 heteroatoms. The molecule has 0 saturated carbocycles. The normalized spacial score (nSPS) is 10.7. The summed E-state index contributed by atoms with van der Waals surface area (Å²) in [6.07, 6.45) is 0.0418. The van der Waals surface area contributed by atoms with Gasteiger partial charge in [-0.15, -0.1) is 10.2 Å². The van der Waals surface area contributed by atoms with Crippen molar-refractivity contribution in [1.29, 1.82) is 0 Å². The van der Waals surface area contributed by atoms with Crippen LogP contribution in [-0.4, -0.2) is 38.9 Å². The maximum Gasteiger partial charge on any atom is 0.313 e. The van der Waals surface area contributed by atoms with Crippen LogP contribution in [0.15, 0.2) is 59.8 Å². The van der Waals surface area contributed by atoms with E-state index in [1.165, 1.54) is 11.8 Å².